The van der Waals surface area contributed by atoms with Gasteiger partial charge in [-0.3, -0.25) is 14.6 Å². The third-order valence-electron chi connectivity index (χ3n) is 4.65. The van der Waals surface area contributed by atoms with Crippen molar-refractivity contribution >= 4 is 16.8 Å². The summed E-state index contributed by atoms with van der Waals surface area (Å²) in [6.07, 6.45) is 5.41. The van der Waals surface area contributed by atoms with Gasteiger partial charge in [-0.2, -0.15) is 0 Å². The van der Waals surface area contributed by atoms with Crippen LogP contribution in [0.4, 0.5) is 0 Å². The van der Waals surface area contributed by atoms with Gasteiger partial charge in [-0.15, -0.1) is 0 Å². The van der Waals surface area contributed by atoms with Crippen molar-refractivity contribution in [3.8, 4) is 0 Å². The van der Waals surface area contributed by atoms with Crippen molar-refractivity contribution in [3.63, 3.8) is 0 Å². The number of aliphatic hydroxyl groups excluding tert-OH is 1. The highest BCUT2D eigenvalue weighted by Crippen LogP contribution is 2.17. The molecule has 0 fully saturated rings. The summed E-state index contributed by atoms with van der Waals surface area (Å²) >= 11 is 0. The van der Waals surface area contributed by atoms with E-state index in [1.54, 1.807) is 42.5 Å². The Hall–Kier alpha value is -3.06. The van der Waals surface area contributed by atoms with E-state index in [2.05, 4.69) is 9.97 Å². The van der Waals surface area contributed by atoms with Crippen LogP contribution >= 0.6 is 0 Å². The van der Waals surface area contributed by atoms with Gasteiger partial charge in [0.25, 0.3) is 11.5 Å². The van der Waals surface area contributed by atoms with Gasteiger partial charge in [-0.05, 0) is 42.3 Å². The molecule has 0 saturated carbocycles. The molecular formula is C20H22N4O3. The molecule has 3 aromatic rings. The molecule has 0 radical (unpaired) electrons. The second kappa shape index (κ2) is 8.09. The third-order valence-corrected chi connectivity index (χ3v) is 4.65. The van der Waals surface area contributed by atoms with E-state index in [1.807, 2.05) is 19.1 Å². The molecule has 0 saturated heterocycles. The summed E-state index contributed by atoms with van der Waals surface area (Å²) in [4.78, 5) is 35.3. The third kappa shape index (κ3) is 3.88. The molecule has 1 N–H and O–H groups in total. The van der Waals surface area contributed by atoms with Gasteiger partial charge >= 0.3 is 0 Å². The molecule has 7 nitrogen and oxygen atoms in total. The van der Waals surface area contributed by atoms with Gasteiger partial charge in [-0.1, -0.05) is 6.92 Å². The van der Waals surface area contributed by atoms with Gasteiger partial charge < -0.3 is 14.6 Å². The van der Waals surface area contributed by atoms with Gasteiger partial charge in [0.2, 0.25) is 0 Å². The lowest BCUT2D eigenvalue weighted by atomic mass is 10.1. The molecule has 0 bridgehead atoms. The molecule has 0 unspecified atom stereocenters. The van der Waals surface area contributed by atoms with Crippen LogP contribution in [0.1, 0.15) is 29.3 Å². The molecule has 140 valence electrons. The first-order valence-corrected chi connectivity index (χ1v) is 8.81. The van der Waals surface area contributed by atoms with Crippen molar-refractivity contribution < 1.29 is 9.90 Å². The molecule has 1 atom stereocenters. The van der Waals surface area contributed by atoms with E-state index in [0.29, 0.717) is 29.4 Å². The fraction of sp³-hybridized carbons (Fsp3) is 0.300. The van der Waals surface area contributed by atoms with Gasteiger partial charge in [0.15, 0.2) is 0 Å². The Labute approximate surface area is 156 Å². The van der Waals surface area contributed by atoms with E-state index in [4.69, 9.17) is 0 Å². The van der Waals surface area contributed by atoms with Crippen molar-refractivity contribution in [3.05, 3.63) is 70.5 Å². The molecular weight excluding hydrogens is 344 g/mol. The summed E-state index contributed by atoms with van der Waals surface area (Å²) < 4.78 is 1.40. The number of pyridine rings is 1. The fourth-order valence-corrected chi connectivity index (χ4v) is 3.01. The van der Waals surface area contributed by atoms with Crippen molar-refractivity contribution in [1.82, 2.24) is 19.4 Å². The normalized spacial score (nSPS) is 12.1. The number of hydrogen-bond acceptors (Lipinski definition) is 5. The Morgan fingerprint density at radius 3 is 2.67 bits per heavy atom. The van der Waals surface area contributed by atoms with Crippen LogP contribution in [0.5, 0.6) is 0 Å². The fourth-order valence-electron chi connectivity index (χ4n) is 3.01. The summed E-state index contributed by atoms with van der Waals surface area (Å²) in [5.74, 6) is -0.211. The van der Waals surface area contributed by atoms with Crippen molar-refractivity contribution in [1.29, 1.82) is 0 Å². The van der Waals surface area contributed by atoms with Crippen LogP contribution in [-0.2, 0) is 13.6 Å². The number of carbonyl (C=O) groups excluding carboxylic acids is 1. The predicted octanol–water partition coefficient (Wildman–Crippen LogP) is 1.74. The zero-order valence-electron chi connectivity index (χ0n) is 15.4. The number of benzene rings is 1. The minimum Gasteiger partial charge on any atom is -0.394 e. The van der Waals surface area contributed by atoms with E-state index in [9.17, 15) is 14.7 Å². The topological polar surface area (TPSA) is 88.3 Å². The quantitative estimate of drug-likeness (QED) is 0.718. The molecule has 0 aliphatic carbocycles. The molecule has 1 aromatic carbocycles. The molecule has 7 heteroatoms. The van der Waals surface area contributed by atoms with Gasteiger partial charge in [0.05, 0.1) is 29.9 Å². The highest BCUT2D eigenvalue weighted by Gasteiger charge is 2.24. The maximum atomic E-state index is 13.2. The molecule has 2 aromatic heterocycles. The zero-order chi connectivity index (χ0) is 19.4. The SMILES string of the molecule is CC[C@H](CO)N(Cc1ccncc1)C(=O)c1ccc2c(=O)n(C)cnc2c1. The second-order valence-corrected chi connectivity index (χ2v) is 6.43. The van der Waals surface area contributed by atoms with Crippen LogP contribution < -0.4 is 5.56 Å². The average Bonchev–Trinajstić information content (AvgIpc) is 2.71. The Morgan fingerprint density at radius 1 is 1.26 bits per heavy atom. The van der Waals surface area contributed by atoms with Crippen LogP contribution in [0.15, 0.2) is 53.8 Å². The zero-order valence-corrected chi connectivity index (χ0v) is 15.4. The predicted molar refractivity (Wildman–Crippen MR) is 102 cm³/mol. The van der Waals surface area contributed by atoms with Crippen molar-refractivity contribution in [2.45, 2.75) is 25.9 Å². The lowest BCUT2D eigenvalue weighted by Crippen LogP contribution is -2.41. The van der Waals surface area contributed by atoms with E-state index >= 15 is 0 Å². The number of nitrogens with zero attached hydrogens (tertiary/aromatic N) is 4. The Balaban J connectivity index is 1.99. The van der Waals surface area contributed by atoms with Crippen LogP contribution in [-0.4, -0.2) is 43.1 Å². The number of aliphatic hydroxyl groups is 1. The average molecular weight is 366 g/mol. The first-order valence-electron chi connectivity index (χ1n) is 8.81. The minimum atomic E-state index is -0.307. The summed E-state index contributed by atoms with van der Waals surface area (Å²) in [5, 5.41) is 10.2. The number of amides is 1. The van der Waals surface area contributed by atoms with Crippen LogP contribution in [0, 0.1) is 0 Å². The standard InChI is InChI=1S/C20H22N4O3/c1-3-16(12-25)24(11-14-6-8-21-9-7-14)19(26)15-4-5-17-18(10-15)22-13-23(2)20(17)27/h4-10,13,16,25H,3,11-12H2,1-2H3/t16-/m1/s1. The number of fused-ring (bicyclic) bond motifs is 1. The van der Waals surface area contributed by atoms with Gasteiger partial charge in [0, 0.05) is 31.5 Å². The number of carbonyl (C=O) groups is 1. The van der Waals surface area contributed by atoms with E-state index < -0.39 is 0 Å². The number of rotatable bonds is 6. The van der Waals surface area contributed by atoms with E-state index in [0.717, 1.165) is 5.56 Å². The smallest absolute Gasteiger partial charge is 0.260 e. The maximum absolute atomic E-state index is 13.2. The highest BCUT2D eigenvalue weighted by atomic mass is 16.3. The van der Waals surface area contributed by atoms with Crippen LogP contribution in [0.3, 0.4) is 0 Å². The molecule has 3 rings (SSSR count). The number of aromatic nitrogens is 3. The maximum Gasteiger partial charge on any atom is 0.260 e. The molecule has 0 aliphatic heterocycles. The summed E-state index contributed by atoms with van der Waals surface area (Å²) in [6.45, 7) is 2.17. The molecule has 27 heavy (non-hydrogen) atoms. The van der Waals surface area contributed by atoms with Gasteiger partial charge in [0.1, 0.15) is 0 Å². The molecule has 1 amide bonds. The Bertz CT molecular complexity index is 997. The Morgan fingerprint density at radius 2 is 2.00 bits per heavy atom. The highest BCUT2D eigenvalue weighted by molar-refractivity contribution is 5.97. The first-order chi connectivity index (χ1) is 13.0. The van der Waals surface area contributed by atoms with Crippen molar-refractivity contribution in [2.75, 3.05) is 6.61 Å². The number of aryl methyl sites for hydroxylation is 1. The first kappa shape index (κ1) is 18.7. The molecule has 0 spiro atoms. The summed E-state index contributed by atoms with van der Waals surface area (Å²) in [6, 6.07) is 8.27. The molecule has 2 heterocycles. The van der Waals surface area contributed by atoms with E-state index in [1.165, 1.54) is 10.9 Å². The largest absolute Gasteiger partial charge is 0.394 e. The Kier molecular flexibility index (Phi) is 5.61. The second-order valence-electron chi connectivity index (χ2n) is 6.43. The monoisotopic (exact) mass is 366 g/mol. The molecule has 0 aliphatic rings. The lowest BCUT2D eigenvalue weighted by Gasteiger charge is -2.30. The van der Waals surface area contributed by atoms with Gasteiger partial charge in [-0.25, -0.2) is 4.98 Å². The van der Waals surface area contributed by atoms with Crippen LogP contribution in [0.25, 0.3) is 10.9 Å². The van der Waals surface area contributed by atoms with Crippen LogP contribution in [0.2, 0.25) is 0 Å². The van der Waals surface area contributed by atoms with Crippen molar-refractivity contribution in [2.24, 2.45) is 7.05 Å². The summed E-state index contributed by atoms with van der Waals surface area (Å²) in [7, 11) is 1.64. The number of hydrogen-bond donors (Lipinski definition) is 1. The van der Waals surface area contributed by atoms with E-state index in [-0.39, 0.29) is 24.1 Å². The minimum absolute atomic E-state index is 0.125. The lowest BCUT2D eigenvalue weighted by molar-refractivity contribution is 0.0564. The summed E-state index contributed by atoms with van der Waals surface area (Å²) in [5.41, 5.74) is 1.68.